The lowest BCUT2D eigenvalue weighted by atomic mass is 10.1. The summed E-state index contributed by atoms with van der Waals surface area (Å²) in [6.07, 6.45) is 5.32. The van der Waals surface area contributed by atoms with E-state index in [0.717, 1.165) is 43.2 Å². The van der Waals surface area contributed by atoms with Crippen LogP contribution >= 0.6 is 11.3 Å². The molecule has 6 nitrogen and oxygen atoms in total. The van der Waals surface area contributed by atoms with E-state index in [1.165, 1.54) is 33.6 Å². The van der Waals surface area contributed by atoms with Gasteiger partial charge in [-0.15, -0.1) is 11.3 Å². The first kappa shape index (κ1) is 17.7. The number of nitrogens with one attached hydrogen (secondary N) is 2. The average molecular weight is 375 g/mol. The van der Waals surface area contributed by atoms with Crippen molar-refractivity contribution < 1.29 is 9.69 Å². The fourth-order valence-corrected chi connectivity index (χ4v) is 5.28. The van der Waals surface area contributed by atoms with Crippen molar-refractivity contribution in [3.8, 4) is 0 Å². The number of aromatic nitrogens is 2. The van der Waals surface area contributed by atoms with Crippen LogP contribution in [-0.2, 0) is 17.6 Å². The number of piperazine rings is 1. The van der Waals surface area contributed by atoms with Crippen LogP contribution in [0.25, 0.3) is 10.2 Å². The summed E-state index contributed by atoms with van der Waals surface area (Å²) < 4.78 is 0. The summed E-state index contributed by atoms with van der Waals surface area (Å²) >= 11 is 1.84. The molecule has 3 heterocycles. The van der Waals surface area contributed by atoms with Crippen molar-refractivity contribution >= 4 is 33.3 Å². The average Bonchev–Trinajstić information content (AvgIpc) is 3.14. The summed E-state index contributed by atoms with van der Waals surface area (Å²) in [7, 11) is 0. The van der Waals surface area contributed by atoms with E-state index in [1.54, 1.807) is 6.33 Å². The number of quaternary nitrogens is 1. The maximum atomic E-state index is 12.2. The Morgan fingerprint density at radius 2 is 2.04 bits per heavy atom. The molecule has 0 unspecified atom stereocenters. The number of amides is 1. The Labute approximate surface area is 158 Å². The van der Waals surface area contributed by atoms with Gasteiger partial charge in [-0.05, 0) is 45.6 Å². The van der Waals surface area contributed by atoms with Gasteiger partial charge in [0, 0.05) is 10.4 Å². The Morgan fingerprint density at radius 1 is 1.27 bits per heavy atom. The van der Waals surface area contributed by atoms with E-state index in [2.05, 4.69) is 20.2 Å². The third kappa shape index (κ3) is 3.55. The SMILES string of the molecule is CC(C)(C)NC(=O)C[NH+]1CCN(c2ncnc3sc4c(c23)CCC4)CC1. The molecule has 2 aromatic rings. The normalized spacial score (nSPS) is 18.3. The lowest BCUT2D eigenvalue weighted by molar-refractivity contribution is -0.892. The van der Waals surface area contributed by atoms with Crippen LogP contribution in [0.4, 0.5) is 5.82 Å². The van der Waals surface area contributed by atoms with Gasteiger partial charge in [0.2, 0.25) is 0 Å². The summed E-state index contributed by atoms with van der Waals surface area (Å²) in [4.78, 5) is 27.7. The quantitative estimate of drug-likeness (QED) is 0.834. The van der Waals surface area contributed by atoms with Gasteiger partial charge in [0.1, 0.15) is 17.0 Å². The smallest absolute Gasteiger partial charge is 0.275 e. The molecule has 140 valence electrons. The minimum Gasteiger partial charge on any atom is -0.347 e. The van der Waals surface area contributed by atoms with Gasteiger partial charge in [0.05, 0.1) is 31.6 Å². The molecule has 7 heteroatoms. The van der Waals surface area contributed by atoms with E-state index in [1.807, 2.05) is 32.1 Å². The summed E-state index contributed by atoms with van der Waals surface area (Å²) in [5.74, 6) is 1.24. The van der Waals surface area contributed by atoms with Gasteiger partial charge >= 0.3 is 0 Å². The molecule has 26 heavy (non-hydrogen) atoms. The van der Waals surface area contributed by atoms with Crippen LogP contribution in [0.1, 0.15) is 37.6 Å². The first-order valence-electron chi connectivity index (χ1n) is 9.55. The van der Waals surface area contributed by atoms with Gasteiger partial charge in [-0.25, -0.2) is 9.97 Å². The predicted molar refractivity (Wildman–Crippen MR) is 105 cm³/mol. The van der Waals surface area contributed by atoms with Crippen molar-refractivity contribution in [2.75, 3.05) is 37.6 Å². The van der Waals surface area contributed by atoms with Crippen LogP contribution in [-0.4, -0.2) is 54.1 Å². The molecule has 1 aliphatic heterocycles. The molecule has 0 atom stereocenters. The Bertz CT molecular complexity index is 817. The van der Waals surface area contributed by atoms with Crippen LogP contribution in [0, 0.1) is 0 Å². The number of thiophene rings is 1. The van der Waals surface area contributed by atoms with E-state index in [-0.39, 0.29) is 11.4 Å². The highest BCUT2D eigenvalue weighted by Gasteiger charge is 2.28. The van der Waals surface area contributed by atoms with Gasteiger partial charge in [-0.2, -0.15) is 0 Å². The number of hydrogen-bond acceptors (Lipinski definition) is 5. The molecule has 1 aliphatic carbocycles. The molecule has 1 amide bonds. The van der Waals surface area contributed by atoms with Crippen LogP contribution in [0.3, 0.4) is 0 Å². The Hall–Kier alpha value is -1.73. The van der Waals surface area contributed by atoms with E-state index in [4.69, 9.17) is 0 Å². The number of rotatable bonds is 3. The second kappa shape index (κ2) is 6.78. The number of hydrogen-bond donors (Lipinski definition) is 2. The number of nitrogens with zero attached hydrogens (tertiary/aromatic N) is 3. The van der Waals surface area contributed by atoms with Crippen molar-refractivity contribution in [3.05, 3.63) is 16.8 Å². The number of anilines is 1. The van der Waals surface area contributed by atoms with Crippen molar-refractivity contribution in [1.82, 2.24) is 15.3 Å². The molecule has 1 saturated heterocycles. The number of aryl methyl sites for hydroxylation is 2. The zero-order valence-electron chi connectivity index (χ0n) is 15.9. The lowest BCUT2D eigenvalue weighted by Gasteiger charge is -2.33. The van der Waals surface area contributed by atoms with Gasteiger partial charge in [-0.1, -0.05) is 0 Å². The summed E-state index contributed by atoms with van der Waals surface area (Å²) in [6.45, 7) is 10.4. The molecule has 2 aliphatic rings. The molecule has 0 spiro atoms. The first-order valence-corrected chi connectivity index (χ1v) is 10.4. The predicted octanol–water partition coefficient (Wildman–Crippen LogP) is 0.800. The maximum Gasteiger partial charge on any atom is 0.275 e. The largest absolute Gasteiger partial charge is 0.347 e. The monoisotopic (exact) mass is 374 g/mol. The van der Waals surface area contributed by atoms with Gasteiger partial charge in [-0.3, -0.25) is 4.79 Å². The topological polar surface area (TPSA) is 62.6 Å². The summed E-state index contributed by atoms with van der Waals surface area (Å²) in [5, 5.41) is 4.36. The van der Waals surface area contributed by atoms with E-state index in [9.17, 15) is 4.79 Å². The molecule has 0 aromatic carbocycles. The molecule has 1 fully saturated rings. The molecule has 2 N–H and O–H groups in total. The zero-order chi connectivity index (χ0) is 18.3. The van der Waals surface area contributed by atoms with E-state index < -0.39 is 0 Å². The molecule has 2 aromatic heterocycles. The van der Waals surface area contributed by atoms with Crippen LogP contribution in [0.15, 0.2) is 6.33 Å². The van der Waals surface area contributed by atoms with Crippen molar-refractivity contribution in [1.29, 1.82) is 0 Å². The Balaban J connectivity index is 1.44. The molecule has 4 rings (SSSR count). The second-order valence-electron chi connectivity index (χ2n) is 8.45. The fourth-order valence-electron chi connectivity index (χ4n) is 4.05. The van der Waals surface area contributed by atoms with Crippen LogP contribution in [0.5, 0.6) is 0 Å². The van der Waals surface area contributed by atoms with Gasteiger partial charge in [0.15, 0.2) is 6.54 Å². The highest BCUT2D eigenvalue weighted by Crippen LogP contribution is 2.39. The third-order valence-corrected chi connectivity index (χ3v) is 6.38. The van der Waals surface area contributed by atoms with Crippen LogP contribution in [0.2, 0.25) is 0 Å². The molecular formula is C19H28N5OS+. The Kier molecular flexibility index (Phi) is 4.61. The van der Waals surface area contributed by atoms with E-state index in [0.29, 0.717) is 6.54 Å². The molecule has 0 bridgehead atoms. The molecule has 0 saturated carbocycles. The maximum absolute atomic E-state index is 12.2. The highest BCUT2D eigenvalue weighted by molar-refractivity contribution is 7.19. The van der Waals surface area contributed by atoms with Crippen LogP contribution < -0.4 is 15.1 Å². The third-order valence-electron chi connectivity index (χ3n) is 5.18. The fraction of sp³-hybridized carbons (Fsp3) is 0.632. The summed E-state index contributed by atoms with van der Waals surface area (Å²) in [6, 6.07) is 0. The number of carbonyl (C=O) groups is 1. The van der Waals surface area contributed by atoms with Crippen molar-refractivity contribution in [2.45, 2.75) is 45.6 Å². The van der Waals surface area contributed by atoms with Gasteiger partial charge in [0.25, 0.3) is 5.91 Å². The molecule has 0 radical (unpaired) electrons. The van der Waals surface area contributed by atoms with Gasteiger partial charge < -0.3 is 15.1 Å². The zero-order valence-corrected chi connectivity index (χ0v) is 16.7. The molecular weight excluding hydrogens is 346 g/mol. The Morgan fingerprint density at radius 3 is 2.77 bits per heavy atom. The summed E-state index contributed by atoms with van der Waals surface area (Å²) in [5.41, 5.74) is 1.32. The standard InChI is InChI=1S/C19H27N5OS/c1-19(2,3)22-15(25)11-23-7-9-24(10-8-23)17-16-13-5-4-6-14(13)26-18(16)21-12-20-17/h12H,4-11H2,1-3H3,(H,22,25)/p+1. The first-order chi connectivity index (χ1) is 12.4. The van der Waals surface area contributed by atoms with Crippen molar-refractivity contribution in [3.63, 3.8) is 0 Å². The minimum atomic E-state index is -0.162. The van der Waals surface area contributed by atoms with Crippen molar-refractivity contribution in [2.24, 2.45) is 0 Å². The van der Waals surface area contributed by atoms with E-state index >= 15 is 0 Å². The lowest BCUT2D eigenvalue weighted by Crippen LogP contribution is -3.16. The number of fused-ring (bicyclic) bond motifs is 3. The second-order valence-corrected chi connectivity index (χ2v) is 9.53. The highest BCUT2D eigenvalue weighted by atomic mass is 32.1. The minimum absolute atomic E-state index is 0.140. The number of carbonyl (C=O) groups excluding carboxylic acids is 1.